The molecular weight excluding hydrogens is 516 g/mol. The van der Waals surface area contributed by atoms with Gasteiger partial charge in [-0.3, -0.25) is 18.2 Å². The number of unbranched alkanes of at least 4 members (excludes halogenated alkanes) is 2. The highest BCUT2D eigenvalue weighted by Crippen LogP contribution is 2.25. The van der Waals surface area contributed by atoms with Crippen LogP contribution in [0, 0.1) is 6.92 Å². The highest BCUT2D eigenvalue weighted by molar-refractivity contribution is 7.77. The first-order valence-corrected chi connectivity index (χ1v) is 13.3. The van der Waals surface area contributed by atoms with Crippen LogP contribution in [0.25, 0.3) is 0 Å². The van der Waals surface area contributed by atoms with Crippen LogP contribution >= 0.6 is 11.6 Å². The molecule has 0 aliphatic heterocycles. The third-order valence-electron chi connectivity index (χ3n) is 5.81. The van der Waals surface area contributed by atoms with Crippen molar-refractivity contribution < 1.29 is 23.1 Å². The predicted molar refractivity (Wildman–Crippen MR) is 142 cm³/mol. The molecule has 11 heteroatoms. The third-order valence-corrected chi connectivity index (χ3v) is 6.87. The van der Waals surface area contributed by atoms with Crippen LogP contribution in [0.15, 0.2) is 54.7 Å². The third kappa shape index (κ3) is 7.64. The predicted octanol–water partition coefficient (Wildman–Crippen LogP) is 5.09. The molecule has 2 aromatic carbocycles. The number of carbonyl (C=O) groups is 2. The Morgan fingerprint density at radius 3 is 2.54 bits per heavy atom. The fourth-order valence-corrected chi connectivity index (χ4v) is 4.37. The minimum absolute atomic E-state index is 0.0480. The number of anilines is 1. The number of aryl methyl sites for hydroxylation is 1. The zero-order chi connectivity index (χ0) is 26.9. The van der Waals surface area contributed by atoms with E-state index in [1.165, 1.54) is 11.1 Å². The molecule has 0 spiro atoms. The Kier molecular flexibility index (Phi) is 10.2. The van der Waals surface area contributed by atoms with Gasteiger partial charge in [0.1, 0.15) is 18.1 Å². The number of hydrogen-bond acceptors (Lipinski definition) is 6. The molecule has 198 valence electrons. The van der Waals surface area contributed by atoms with E-state index in [4.69, 9.17) is 16.3 Å². The molecule has 0 aliphatic rings. The lowest BCUT2D eigenvalue weighted by Gasteiger charge is -2.23. The molecular formula is C26H30ClN4O5S-. The Balaban J connectivity index is 1.67. The number of imidazole rings is 1. The van der Waals surface area contributed by atoms with Crippen molar-refractivity contribution in [2.45, 2.75) is 46.3 Å². The number of hydrogen-bond donors (Lipinski definition) is 0. The van der Waals surface area contributed by atoms with Gasteiger partial charge in [-0.2, -0.15) is 0 Å². The Labute approximate surface area is 224 Å². The number of amides is 2. The van der Waals surface area contributed by atoms with Crippen LogP contribution < -0.4 is 4.90 Å². The average Bonchev–Trinajstić information content (AvgIpc) is 3.26. The number of aromatic nitrogens is 2. The monoisotopic (exact) mass is 545 g/mol. The second-order valence-electron chi connectivity index (χ2n) is 8.51. The second-order valence-corrected chi connectivity index (χ2v) is 9.79. The summed E-state index contributed by atoms with van der Waals surface area (Å²) >= 11 is 3.84. The van der Waals surface area contributed by atoms with E-state index < -0.39 is 23.3 Å². The lowest BCUT2D eigenvalue weighted by Crippen LogP contribution is -2.33. The molecule has 0 saturated heterocycles. The summed E-state index contributed by atoms with van der Waals surface area (Å²) < 4.78 is 31.1. The van der Waals surface area contributed by atoms with Gasteiger partial charge in [-0.05, 0) is 36.6 Å². The molecule has 0 saturated carbocycles. The molecule has 0 N–H and O–H groups in total. The molecule has 0 aliphatic carbocycles. The van der Waals surface area contributed by atoms with E-state index in [0.29, 0.717) is 29.5 Å². The maximum absolute atomic E-state index is 12.8. The Hall–Kier alpha value is -3.21. The van der Waals surface area contributed by atoms with Crippen LogP contribution in [0.3, 0.4) is 0 Å². The van der Waals surface area contributed by atoms with Crippen molar-refractivity contribution in [3.8, 4) is 0 Å². The van der Waals surface area contributed by atoms with E-state index in [9.17, 15) is 18.4 Å². The normalized spacial score (nSPS) is 11.7. The van der Waals surface area contributed by atoms with Gasteiger partial charge >= 0.3 is 6.09 Å². The smallest absolute Gasteiger partial charge is 0.414 e. The number of carbonyl (C=O) groups excluding carboxylic acids is 2. The van der Waals surface area contributed by atoms with Gasteiger partial charge in [-0.25, -0.2) is 9.78 Å². The summed E-state index contributed by atoms with van der Waals surface area (Å²) in [5, 5.41) is 0.419. The molecule has 3 rings (SSSR count). The van der Waals surface area contributed by atoms with E-state index in [-0.39, 0.29) is 18.8 Å². The fourth-order valence-electron chi connectivity index (χ4n) is 3.63. The van der Waals surface area contributed by atoms with Gasteiger partial charge in [-0.1, -0.05) is 67.8 Å². The minimum Gasteiger partial charge on any atom is -0.755 e. The first-order chi connectivity index (χ1) is 17.7. The molecule has 1 atom stereocenters. The number of ether oxygens (including phenoxy) is 1. The lowest BCUT2D eigenvalue weighted by molar-refractivity contribution is 0.0852. The van der Waals surface area contributed by atoms with Gasteiger partial charge in [0.05, 0.1) is 17.8 Å². The molecule has 0 bridgehead atoms. The average molecular weight is 546 g/mol. The standard InChI is InChI=1S/C26H31ClN4O5S/c1-4-5-9-14-31(37(34)35)25(32)24-17-30(19(2)28-24)16-21-12-13-22(15-23(21)27)29(3)26(33)36-18-20-10-7-6-8-11-20/h6-8,10-13,15,17H,4-5,9,14,16,18H2,1-3H3,(H,34,35)/p-1. The summed E-state index contributed by atoms with van der Waals surface area (Å²) in [5.74, 6) is -0.126. The van der Waals surface area contributed by atoms with E-state index >= 15 is 0 Å². The topological polar surface area (TPSA) is 108 Å². The van der Waals surface area contributed by atoms with E-state index in [1.54, 1.807) is 36.7 Å². The molecule has 9 nitrogen and oxygen atoms in total. The summed E-state index contributed by atoms with van der Waals surface area (Å²) in [6, 6.07) is 14.6. The zero-order valence-corrected chi connectivity index (χ0v) is 22.6. The molecule has 0 fully saturated rings. The molecule has 0 radical (unpaired) electrons. The Bertz CT molecular complexity index is 1250. The highest BCUT2D eigenvalue weighted by atomic mass is 35.5. The summed E-state index contributed by atoms with van der Waals surface area (Å²) in [6.45, 7) is 4.31. The van der Waals surface area contributed by atoms with Gasteiger partial charge in [0.25, 0.3) is 5.91 Å². The maximum atomic E-state index is 12.8. The summed E-state index contributed by atoms with van der Waals surface area (Å²) in [4.78, 5) is 30.9. The van der Waals surface area contributed by atoms with E-state index in [2.05, 4.69) is 4.98 Å². The second kappa shape index (κ2) is 13.4. The van der Waals surface area contributed by atoms with Crippen LogP contribution in [0.2, 0.25) is 5.02 Å². The molecule has 1 heterocycles. The van der Waals surface area contributed by atoms with Gasteiger partial charge in [-0.15, -0.1) is 0 Å². The number of halogens is 1. The molecule has 37 heavy (non-hydrogen) atoms. The summed E-state index contributed by atoms with van der Waals surface area (Å²) in [7, 11) is 1.60. The molecule has 2 amide bonds. The zero-order valence-electron chi connectivity index (χ0n) is 21.1. The molecule has 3 aromatic rings. The van der Waals surface area contributed by atoms with Crippen molar-refractivity contribution in [3.63, 3.8) is 0 Å². The van der Waals surface area contributed by atoms with Crippen LogP contribution in [-0.2, 0) is 29.2 Å². The van der Waals surface area contributed by atoms with Gasteiger partial charge in [0.2, 0.25) is 0 Å². The van der Waals surface area contributed by atoms with Crippen LogP contribution in [0.5, 0.6) is 0 Å². The highest BCUT2D eigenvalue weighted by Gasteiger charge is 2.21. The van der Waals surface area contributed by atoms with Crippen molar-refractivity contribution in [3.05, 3.63) is 82.4 Å². The van der Waals surface area contributed by atoms with Crippen molar-refractivity contribution in [1.29, 1.82) is 0 Å². The largest absolute Gasteiger partial charge is 0.755 e. The summed E-state index contributed by atoms with van der Waals surface area (Å²) in [6.07, 6.45) is 3.33. The van der Waals surface area contributed by atoms with E-state index in [0.717, 1.165) is 28.3 Å². The SMILES string of the molecule is CCCCCN(C(=O)c1cn(Cc2ccc(N(C)C(=O)OCc3ccccc3)cc2Cl)c(C)n1)S(=O)[O-]. The molecule has 1 aromatic heterocycles. The maximum Gasteiger partial charge on any atom is 0.414 e. The lowest BCUT2D eigenvalue weighted by atomic mass is 10.2. The van der Waals surface area contributed by atoms with E-state index in [1.807, 2.05) is 37.3 Å². The summed E-state index contributed by atoms with van der Waals surface area (Å²) in [5.41, 5.74) is 2.23. The van der Waals surface area contributed by atoms with Gasteiger partial charge in [0, 0.05) is 30.5 Å². The van der Waals surface area contributed by atoms with Gasteiger partial charge < -0.3 is 13.9 Å². The number of nitrogens with zero attached hydrogens (tertiary/aromatic N) is 4. The van der Waals surface area contributed by atoms with Crippen molar-refractivity contribution >= 4 is 40.6 Å². The molecule has 1 unspecified atom stereocenters. The minimum atomic E-state index is -2.68. The van der Waals surface area contributed by atoms with Crippen LogP contribution in [-0.4, -0.2) is 48.2 Å². The van der Waals surface area contributed by atoms with Crippen molar-refractivity contribution in [2.75, 3.05) is 18.5 Å². The number of benzene rings is 2. The van der Waals surface area contributed by atoms with Crippen LogP contribution in [0.4, 0.5) is 10.5 Å². The quantitative estimate of drug-likeness (QED) is 0.245. The first-order valence-electron chi connectivity index (χ1n) is 11.9. The van der Waals surface area contributed by atoms with Crippen molar-refractivity contribution in [2.24, 2.45) is 0 Å². The van der Waals surface area contributed by atoms with Gasteiger partial charge in [0.15, 0.2) is 0 Å². The first kappa shape index (κ1) is 28.4. The Morgan fingerprint density at radius 2 is 1.89 bits per heavy atom. The fraction of sp³-hybridized carbons (Fsp3) is 0.346. The van der Waals surface area contributed by atoms with Crippen molar-refractivity contribution in [1.82, 2.24) is 13.9 Å². The Morgan fingerprint density at radius 1 is 1.16 bits per heavy atom. The number of rotatable bonds is 11. The van der Waals surface area contributed by atoms with Crippen LogP contribution in [0.1, 0.15) is 53.6 Å².